The number of nitrogens with zero attached hydrogens (tertiary/aromatic N) is 3. The van der Waals surface area contributed by atoms with Crippen LogP contribution in [0.4, 0.5) is 10.1 Å². The first-order chi connectivity index (χ1) is 21.6. The molecule has 0 atom stereocenters. The number of benzene rings is 4. The third-order valence-corrected chi connectivity index (χ3v) is 9.63. The van der Waals surface area contributed by atoms with Crippen molar-refractivity contribution in [1.29, 1.82) is 0 Å². The van der Waals surface area contributed by atoms with Crippen molar-refractivity contribution in [3.63, 3.8) is 0 Å². The molecule has 0 aliphatic carbocycles. The van der Waals surface area contributed by atoms with Crippen LogP contribution < -0.4 is 9.62 Å². The number of sulfonamides is 1. The van der Waals surface area contributed by atoms with E-state index in [0.29, 0.717) is 23.4 Å². The summed E-state index contributed by atoms with van der Waals surface area (Å²) < 4.78 is 42.5. The van der Waals surface area contributed by atoms with Crippen molar-refractivity contribution in [3.8, 4) is 22.3 Å². The fourth-order valence-corrected chi connectivity index (χ4v) is 6.65. The van der Waals surface area contributed by atoms with Gasteiger partial charge in [0, 0.05) is 59.3 Å². The molecule has 2 aromatic heterocycles. The summed E-state index contributed by atoms with van der Waals surface area (Å²) in [5, 5.41) is 4.53. The first kappa shape index (κ1) is 30.0. The van der Waals surface area contributed by atoms with Crippen LogP contribution in [0.2, 0.25) is 0 Å². The summed E-state index contributed by atoms with van der Waals surface area (Å²) in [5.74, 6) is -0.950. The number of likely N-dealkylation sites (N-methyl/N-ethyl adjacent to an activating group) is 1. The average Bonchev–Trinajstić information content (AvgIpc) is 3.42. The van der Waals surface area contributed by atoms with Crippen LogP contribution in [0, 0.1) is 5.82 Å². The molecule has 0 saturated carbocycles. The standard InChI is InChI=1S/C35H32FN5O3S/c1-40(2)20-19-37-35(42)25-15-13-23(14-16-25)28-22-38-34-33(32(28)24-9-5-4-6-10-24)27-21-26(17-18-30(27)39-34)41(3)45(43,44)31-12-8-7-11-29(31)36/h4-18,21-22H,19-20H2,1-3H3,(H,37,42)(H,38,39). The van der Waals surface area contributed by atoms with Gasteiger partial charge in [-0.3, -0.25) is 9.10 Å². The highest BCUT2D eigenvalue weighted by atomic mass is 32.2. The number of hydrogen-bond acceptors (Lipinski definition) is 5. The number of rotatable bonds is 9. The molecule has 10 heteroatoms. The normalized spacial score (nSPS) is 11.8. The van der Waals surface area contributed by atoms with E-state index >= 15 is 0 Å². The number of anilines is 1. The van der Waals surface area contributed by atoms with Crippen molar-refractivity contribution >= 4 is 43.6 Å². The van der Waals surface area contributed by atoms with Crippen LogP contribution in [0.25, 0.3) is 44.2 Å². The smallest absolute Gasteiger partial charge is 0.266 e. The highest BCUT2D eigenvalue weighted by molar-refractivity contribution is 7.92. The Labute approximate surface area is 261 Å². The first-order valence-electron chi connectivity index (χ1n) is 14.4. The molecule has 0 spiro atoms. The molecular weight excluding hydrogens is 589 g/mol. The van der Waals surface area contributed by atoms with E-state index in [1.54, 1.807) is 30.3 Å². The highest BCUT2D eigenvalue weighted by Gasteiger charge is 2.26. The molecule has 45 heavy (non-hydrogen) atoms. The SMILES string of the molecule is CN(C)CCNC(=O)c1ccc(-c2cnc3[nH]c4ccc(N(C)S(=O)(=O)c5ccccc5F)cc4c3c2-c2ccccc2)cc1. The van der Waals surface area contributed by atoms with E-state index in [0.717, 1.165) is 55.5 Å². The average molecular weight is 622 g/mol. The number of hydrogen-bond donors (Lipinski definition) is 2. The molecule has 6 aromatic rings. The molecule has 0 unspecified atom stereocenters. The Morgan fingerprint density at radius 1 is 0.889 bits per heavy atom. The molecule has 0 aliphatic heterocycles. The summed E-state index contributed by atoms with van der Waals surface area (Å²) in [7, 11) is 1.16. The van der Waals surface area contributed by atoms with Gasteiger partial charge < -0.3 is 15.2 Å². The maximum Gasteiger partial charge on any atom is 0.266 e. The Morgan fingerprint density at radius 2 is 1.60 bits per heavy atom. The molecule has 228 valence electrons. The van der Waals surface area contributed by atoms with Gasteiger partial charge in [-0.05, 0) is 67.7 Å². The quantitative estimate of drug-likeness (QED) is 0.197. The number of nitrogens with one attached hydrogen (secondary N) is 2. The molecule has 1 amide bonds. The summed E-state index contributed by atoms with van der Waals surface area (Å²) in [5.41, 5.74) is 5.93. The monoisotopic (exact) mass is 621 g/mol. The van der Waals surface area contributed by atoms with Crippen molar-refractivity contribution in [2.24, 2.45) is 0 Å². The van der Waals surface area contributed by atoms with Crippen LogP contribution in [0.3, 0.4) is 0 Å². The van der Waals surface area contributed by atoms with Crippen molar-refractivity contribution in [1.82, 2.24) is 20.2 Å². The topological polar surface area (TPSA) is 98.4 Å². The predicted octanol–water partition coefficient (Wildman–Crippen LogP) is 6.31. The van der Waals surface area contributed by atoms with Crippen molar-refractivity contribution in [2.75, 3.05) is 38.5 Å². The van der Waals surface area contributed by atoms with E-state index in [9.17, 15) is 17.6 Å². The number of halogens is 1. The predicted molar refractivity (Wildman–Crippen MR) is 177 cm³/mol. The second-order valence-electron chi connectivity index (χ2n) is 11.0. The Kier molecular flexibility index (Phi) is 8.09. The van der Waals surface area contributed by atoms with Crippen LogP contribution in [0.5, 0.6) is 0 Å². The van der Waals surface area contributed by atoms with Crippen molar-refractivity contribution in [3.05, 3.63) is 115 Å². The summed E-state index contributed by atoms with van der Waals surface area (Å²) in [6.45, 7) is 1.29. The molecule has 0 radical (unpaired) electrons. The largest absolute Gasteiger partial charge is 0.351 e. The number of amides is 1. The number of pyridine rings is 1. The molecule has 2 N–H and O–H groups in total. The number of carbonyl (C=O) groups is 1. The Morgan fingerprint density at radius 3 is 2.31 bits per heavy atom. The Bertz CT molecular complexity index is 2130. The minimum Gasteiger partial charge on any atom is -0.351 e. The summed E-state index contributed by atoms with van der Waals surface area (Å²) in [4.78, 5) is 22.4. The van der Waals surface area contributed by atoms with Gasteiger partial charge in [0.25, 0.3) is 15.9 Å². The third kappa shape index (κ3) is 5.77. The van der Waals surface area contributed by atoms with Gasteiger partial charge in [0.2, 0.25) is 0 Å². The zero-order valence-corrected chi connectivity index (χ0v) is 25.9. The highest BCUT2D eigenvalue weighted by Crippen LogP contribution is 2.41. The minimum atomic E-state index is -4.17. The molecule has 4 aromatic carbocycles. The summed E-state index contributed by atoms with van der Waals surface area (Å²) in [6, 6.07) is 27.9. The van der Waals surface area contributed by atoms with Gasteiger partial charge in [0.15, 0.2) is 0 Å². The number of aromatic nitrogens is 2. The van der Waals surface area contributed by atoms with Gasteiger partial charge in [-0.15, -0.1) is 0 Å². The molecule has 0 aliphatic rings. The van der Waals surface area contributed by atoms with E-state index < -0.39 is 20.7 Å². The van der Waals surface area contributed by atoms with Gasteiger partial charge in [-0.25, -0.2) is 17.8 Å². The fraction of sp³-hybridized carbons (Fsp3) is 0.143. The van der Waals surface area contributed by atoms with Crippen LogP contribution in [-0.2, 0) is 10.0 Å². The van der Waals surface area contributed by atoms with Crippen LogP contribution >= 0.6 is 0 Å². The Hall–Kier alpha value is -5.06. The molecule has 2 heterocycles. The third-order valence-electron chi connectivity index (χ3n) is 7.81. The van der Waals surface area contributed by atoms with E-state index in [1.165, 1.54) is 25.2 Å². The second-order valence-corrected chi connectivity index (χ2v) is 13.0. The fourth-order valence-electron chi connectivity index (χ4n) is 5.40. The van der Waals surface area contributed by atoms with Crippen LogP contribution in [-0.4, -0.2) is 63.4 Å². The van der Waals surface area contributed by atoms with Gasteiger partial charge in [-0.2, -0.15) is 0 Å². The maximum atomic E-state index is 14.5. The first-order valence-corrected chi connectivity index (χ1v) is 15.9. The lowest BCUT2D eigenvalue weighted by atomic mass is 9.92. The molecular formula is C35H32FN5O3S. The maximum absolute atomic E-state index is 14.5. The number of carbonyl (C=O) groups excluding carboxylic acids is 1. The second kappa shape index (κ2) is 12.1. The zero-order valence-electron chi connectivity index (χ0n) is 25.1. The molecule has 0 bridgehead atoms. The lowest BCUT2D eigenvalue weighted by molar-refractivity contribution is 0.0951. The molecule has 0 saturated heterocycles. The minimum absolute atomic E-state index is 0.140. The number of fused-ring (bicyclic) bond motifs is 3. The van der Waals surface area contributed by atoms with Gasteiger partial charge in [0.05, 0.1) is 5.69 Å². The lowest BCUT2D eigenvalue weighted by Crippen LogP contribution is -2.31. The van der Waals surface area contributed by atoms with Crippen molar-refractivity contribution < 1.29 is 17.6 Å². The van der Waals surface area contributed by atoms with Crippen LogP contribution in [0.15, 0.2) is 108 Å². The van der Waals surface area contributed by atoms with Crippen LogP contribution in [0.1, 0.15) is 10.4 Å². The molecule has 6 rings (SSSR count). The molecule has 0 fully saturated rings. The van der Waals surface area contributed by atoms with Gasteiger partial charge in [-0.1, -0.05) is 54.6 Å². The van der Waals surface area contributed by atoms with Crippen molar-refractivity contribution in [2.45, 2.75) is 4.90 Å². The summed E-state index contributed by atoms with van der Waals surface area (Å²) in [6.07, 6.45) is 1.81. The Balaban J connectivity index is 1.47. The van der Waals surface area contributed by atoms with E-state index in [1.807, 2.05) is 67.7 Å². The number of aromatic amines is 1. The van der Waals surface area contributed by atoms with E-state index in [-0.39, 0.29) is 5.91 Å². The summed E-state index contributed by atoms with van der Waals surface area (Å²) >= 11 is 0. The number of H-pyrrole nitrogens is 1. The van der Waals surface area contributed by atoms with E-state index in [4.69, 9.17) is 4.98 Å². The van der Waals surface area contributed by atoms with Gasteiger partial charge >= 0.3 is 0 Å². The lowest BCUT2D eigenvalue weighted by Gasteiger charge is -2.20. The van der Waals surface area contributed by atoms with Gasteiger partial charge in [0.1, 0.15) is 16.4 Å². The van der Waals surface area contributed by atoms with E-state index in [2.05, 4.69) is 10.3 Å². The zero-order chi connectivity index (χ0) is 31.7. The molecule has 8 nitrogen and oxygen atoms in total.